The number of halogens is 1. The molecule has 29 heavy (non-hydrogen) atoms. The monoisotopic (exact) mass is 466 g/mol. The fraction of sp³-hybridized carbons (Fsp3) is 0.591. The van der Waals surface area contributed by atoms with Gasteiger partial charge in [-0.3, -0.25) is 14.4 Å². The average molecular weight is 467 g/mol. The van der Waals surface area contributed by atoms with Crippen molar-refractivity contribution in [3.63, 3.8) is 0 Å². The number of alkyl halides is 1. The van der Waals surface area contributed by atoms with Crippen LogP contribution in [0.2, 0.25) is 0 Å². The number of aryl methyl sites for hydroxylation is 1. The molecule has 2 N–H and O–H groups in total. The first-order valence-electron chi connectivity index (χ1n) is 10.3. The molecule has 0 unspecified atom stereocenters. The van der Waals surface area contributed by atoms with Crippen molar-refractivity contribution >= 4 is 33.7 Å². The number of hydrogen-bond donors (Lipinski definition) is 1. The number of carbonyl (C=O) groups is 3. The number of unbranched alkanes of at least 4 members (excludes halogenated alkanes) is 5. The van der Waals surface area contributed by atoms with Crippen LogP contribution in [-0.2, 0) is 27.3 Å². The normalized spacial score (nSPS) is 14.0. The standard InChI is InChI=1S/C22H31BrN2O4/c1-29-20(26)13-12-19(21(24)27)25-15-18-16(10-8-11-17(18)22(25)28)9-6-4-2-3-5-7-14-23/h8,10-11,19H,2-7,9,12-15H2,1H3,(H2,24,27)/t19-/m0/s1. The lowest BCUT2D eigenvalue weighted by molar-refractivity contribution is -0.141. The molecule has 160 valence electrons. The van der Waals surface area contributed by atoms with Crippen molar-refractivity contribution in [2.45, 2.75) is 70.4 Å². The van der Waals surface area contributed by atoms with E-state index in [0.29, 0.717) is 12.1 Å². The van der Waals surface area contributed by atoms with E-state index in [1.807, 2.05) is 6.07 Å². The lowest BCUT2D eigenvalue weighted by Gasteiger charge is -2.24. The van der Waals surface area contributed by atoms with Gasteiger partial charge < -0.3 is 15.4 Å². The molecular weight excluding hydrogens is 436 g/mol. The molecule has 0 aromatic heterocycles. The van der Waals surface area contributed by atoms with E-state index in [9.17, 15) is 14.4 Å². The molecule has 1 aromatic rings. The smallest absolute Gasteiger partial charge is 0.305 e. The topological polar surface area (TPSA) is 89.7 Å². The van der Waals surface area contributed by atoms with Gasteiger partial charge in [0.1, 0.15) is 6.04 Å². The zero-order valence-electron chi connectivity index (χ0n) is 17.1. The molecule has 0 bridgehead atoms. The van der Waals surface area contributed by atoms with Crippen LogP contribution in [0.5, 0.6) is 0 Å². The van der Waals surface area contributed by atoms with Crippen LogP contribution in [0.1, 0.15) is 72.9 Å². The molecule has 1 atom stereocenters. The largest absolute Gasteiger partial charge is 0.469 e. The van der Waals surface area contributed by atoms with E-state index in [4.69, 9.17) is 5.73 Å². The van der Waals surface area contributed by atoms with Crippen LogP contribution >= 0.6 is 15.9 Å². The van der Waals surface area contributed by atoms with Gasteiger partial charge in [0.25, 0.3) is 5.91 Å². The molecule has 0 saturated carbocycles. The van der Waals surface area contributed by atoms with Crippen LogP contribution in [0.25, 0.3) is 0 Å². The molecule has 0 saturated heterocycles. The first-order valence-corrected chi connectivity index (χ1v) is 11.5. The highest BCUT2D eigenvalue weighted by atomic mass is 79.9. The van der Waals surface area contributed by atoms with Crippen LogP contribution < -0.4 is 5.73 Å². The minimum Gasteiger partial charge on any atom is -0.469 e. The van der Waals surface area contributed by atoms with Crippen molar-refractivity contribution in [2.75, 3.05) is 12.4 Å². The summed E-state index contributed by atoms with van der Waals surface area (Å²) in [4.78, 5) is 37.8. The molecule has 1 heterocycles. The number of nitrogens with two attached hydrogens (primary N) is 1. The highest BCUT2D eigenvalue weighted by Crippen LogP contribution is 2.30. The molecule has 0 radical (unpaired) electrons. The Bertz CT molecular complexity index is 723. The van der Waals surface area contributed by atoms with E-state index in [-0.39, 0.29) is 18.7 Å². The lowest BCUT2D eigenvalue weighted by Crippen LogP contribution is -2.45. The average Bonchev–Trinajstić information content (AvgIpc) is 3.04. The Morgan fingerprint density at radius 3 is 2.52 bits per heavy atom. The van der Waals surface area contributed by atoms with Crippen molar-refractivity contribution in [3.8, 4) is 0 Å². The van der Waals surface area contributed by atoms with Crippen molar-refractivity contribution in [2.24, 2.45) is 5.73 Å². The number of benzene rings is 1. The summed E-state index contributed by atoms with van der Waals surface area (Å²) in [7, 11) is 1.30. The van der Waals surface area contributed by atoms with Crippen LogP contribution in [0, 0.1) is 0 Å². The lowest BCUT2D eigenvalue weighted by atomic mass is 9.98. The summed E-state index contributed by atoms with van der Waals surface area (Å²) >= 11 is 3.46. The molecule has 6 nitrogen and oxygen atoms in total. The summed E-state index contributed by atoms with van der Waals surface area (Å²) in [6.07, 6.45) is 8.36. The second-order valence-corrected chi connectivity index (χ2v) is 8.26. The van der Waals surface area contributed by atoms with Crippen LogP contribution in [0.4, 0.5) is 0 Å². The predicted octanol–water partition coefficient (Wildman–Crippen LogP) is 3.73. The maximum absolute atomic E-state index is 12.9. The van der Waals surface area contributed by atoms with Crippen LogP contribution in [0.3, 0.4) is 0 Å². The zero-order valence-corrected chi connectivity index (χ0v) is 18.7. The summed E-state index contributed by atoms with van der Waals surface area (Å²) in [5.41, 5.74) is 8.33. The van der Waals surface area contributed by atoms with Gasteiger partial charge in [0.05, 0.1) is 7.11 Å². The fourth-order valence-electron chi connectivity index (χ4n) is 3.83. The summed E-state index contributed by atoms with van der Waals surface area (Å²) < 4.78 is 4.64. The summed E-state index contributed by atoms with van der Waals surface area (Å²) in [6.45, 7) is 0.365. The molecule has 0 aliphatic carbocycles. The van der Waals surface area contributed by atoms with Gasteiger partial charge in [0.2, 0.25) is 5.91 Å². The SMILES string of the molecule is COC(=O)CC[C@@H](C(N)=O)N1Cc2c(CCCCCCCCBr)cccc2C1=O. The number of primary amides is 1. The van der Waals surface area contributed by atoms with E-state index in [1.165, 1.54) is 44.1 Å². The third kappa shape index (κ3) is 6.56. The first kappa shape index (κ1) is 23.4. The second-order valence-electron chi connectivity index (χ2n) is 7.47. The van der Waals surface area contributed by atoms with Gasteiger partial charge in [-0.25, -0.2) is 0 Å². The summed E-state index contributed by atoms with van der Waals surface area (Å²) in [5.74, 6) is -1.21. The Morgan fingerprint density at radius 2 is 1.86 bits per heavy atom. The Hall–Kier alpha value is -1.89. The maximum atomic E-state index is 12.9. The molecule has 2 amide bonds. The number of methoxy groups -OCH3 is 1. The van der Waals surface area contributed by atoms with Gasteiger partial charge in [-0.2, -0.15) is 0 Å². The van der Waals surface area contributed by atoms with Crippen molar-refractivity contribution < 1.29 is 19.1 Å². The molecule has 2 rings (SSSR count). The van der Waals surface area contributed by atoms with Crippen molar-refractivity contribution in [1.29, 1.82) is 0 Å². The summed E-state index contributed by atoms with van der Waals surface area (Å²) in [5, 5.41) is 1.07. The van der Waals surface area contributed by atoms with Gasteiger partial charge in [0.15, 0.2) is 0 Å². The minimum absolute atomic E-state index is 0.0478. The van der Waals surface area contributed by atoms with E-state index in [0.717, 1.165) is 29.3 Å². The van der Waals surface area contributed by atoms with E-state index >= 15 is 0 Å². The number of fused-ring (bicyclic) bond motifs is 1. The van der Waals surface area contributed by atoms with Gasteiger partial charge in [-0.05, 0) is 42.9 Å². The minimum atomic E-state index is -0.809. The molecule has 7 heteroatoms. The number of esters is 1. The Morgan fingerprint density at radius 1 is 1.17 bits per heavy atom. The number of hydrogen-bond acceptors (Lipinski definition) is 4. The molecular formula is C22H31BrN2O4. The third-order valence-electron chi connectivity index (χ3n) is 5.48. The van der Waals surface area contributed by atoms with Gasteiger partial charge in [-0.1, -0.05) is 53.7 Å². The number of amides is 2. The zero-order chi connectivity index (χ0) is 21.2. The Labute approximate surface area is 181 Å². The number of carbonyl (C=O) groups excluding carboxylic acids is 3. The highest BCUT2D eigenvalue weighted by molar-refractivity contribution is 9.09. The van der Waals surface area contributed by atoms with E-state index in [2.05, 4.69) is 26.7 Å². The van der Waals surface area contributed by atoms with Gasteiger partial charge in [-0.15, -0.1) is 0 Å². The molecule has 1 aliphatic heterocycles. The molecule has 0 spiro atoms. The number of rotatable bonds is 13. The van der Waals surface area contributed by atoms with E-state index < -0.39 is 17.9 Å². The van der Waals surface area contributed by atoms with Crippen molar-refractivity contribution in [1.82, 2.24) is 4.90 Å². The van der Waals surface area contributed by atoms with Crippen LogP contribution in [-0.4, -0.2) is 41.2 Å². The second kappa shape index (κ2) is 12.0. The number of nitrogens with zero attached hydrogens (tertiary/aromatic N) is 1. The Balaban J connectivity index is 1.99. The van der Waals surface area contributed by atoms with Gasteiger partial charge >= 0.3 is 5.97 Å². The molecule has 1 aliphatic rings. The van der Waals surface area contributed by atoms with Crippen molar-refractivity contribution in [3.05, 3.63) is 34.9 Å². The third-order valence-corrected chi connectivity index (χ3v) is 6.04. The highest BCUT2D eigenvalue weighted by Gasteiger charge is 2.36. The summed E-state index contributed by atoms with van der Waals surface area (Å²) in [6, 6.07) is 4.96. The predicted molar refractivity (Wildman–Crippen MR) is 116 cm³/mol. The Kier molecular flexibility index (Phi) is 9.64. The quantitative estimate of drug-likeness (QED) is 0.272. The maximum Gasteiger partial charge on any atom is 0.305 e. The van der Waals surface area contributed by atoms with Gasteiger partial charge in [0, 0.05) is 23.9 Å². The van der Waals surface area contributed by atoms with E-state index in [1.54, 1.807) is 6.07 Å². The molecule has 1 aromatic carbocycles. The molecule has 0 fully saturated rings. The first-order chi connectivity index (χ1) is 14.0. The number of ether oxygens (including phenoxy) is 1. The fourth-order valence-corrected chi connectivity index (χ4v) is 4.23. The van der Waals surface area contributed by atoms with Crippen LogP contribution in [0.15, 0.2) is 18.2 Å².